The summed E-state index contributed by atoms with van der Waals surface area (Å²) in [5.41, 5.74) is 4.06. The van der Waals surface area contributed by atoms with Crippen LogP contribution in [0.3, 0.4) is 0 Å². The number of fused-ring (bicyclic) bond motifs is 1. The van der Waals surface area contributed by atoms with Gasteiger partial charge in [-0.2, -0.15) is 0 Å². The SMILES string of the molecule is O=C(NCCc1ccco1)c1ccccc1.O=P(Cl)(Cl)Cl.c1ccc(C2=NCCc3occc32)cc1. The summed E-state index contributed by atoms with van der Waals surface area (Å²) < 4.78 is 20.1. The molecule has 0 radical (unpaired) electrons. The van der Waals surface area contributed by atoms with Crippen LogP contribution < -0.4 is 5.32 Å². The summed E-state index contributed by atoms with van der Waals surface area (Å²) in [6.07, 6.45) is 5.01. The molecule has 1 N–H and O–H groups in total. The predicted molar refractivity (Wildman–Crippen MR) is 146 cm³/mol. The highest BCUT2D eigenvalue weighted by Gasteiger charge is 2.17. The van der Waals surface area contributed by atoms with Crippen LogP contribution in [0.1, 0.15) is 33.0 Å². The highest BCUT2D eigenvalue weighted by molar-refractivity contribution is 8.24. The van der Waals surface area contributed by atoms with Gasteiger partial charge in [-0.3, -0.25) is 14.4 Å². The van der Waals surface area contributed by atoms with Crippen molar-refractivity contribution in [3.05, 3.63) is 120 Å². The van der Waals surface area contributed by atoms with Gasteiger partial charge in [-0.1, -0.05) is 48.5 Å². The molecule has 0 atom stereocenters. The van der Waals surface area contributed by atoms with Crippen molar-refractivity contribution in [1.29, 1.82) is 0 Å². The molecule has 0 unspecified atom stereocenters. The summed E-state index contributed by atoms with van der Waals surface area (Å²) >= 11 is 13.8. The predicted octanol–water partition coefficient (Wildman–Crippen LogP) is 7.74. The highest BCUT2D eigenvalue weighted by atomic mass is 36.0. The molecule has 5 rings (SSSR count). The van der Waals surface area contributed by atoms with Gasteiger partial charge in [0.05, 0.1) is 18.2 Å². The molecule has 3 heterocycles. The Labute approximate surface area is 224 Å². The minimum Gasteiger partial charge on any atom is -0.469 e. The molecule has 4 aromatic rings. The van der Waals surface area contributed by atoms with Gasteiger partial charge in [-0.25, -0.2) is 0 Å². The van der Waals surface area contributed by atoms with E-state index in [-0.39, 0.29) is 5.91 Å². The van der Waals surface area contributed by atoms with Crippen LogP contribution in [0.15, 0.2) is 105 Å². The molecule has 1 amide bonds. The first-order chi connectivity index (χ1) is 17.3. The summed E-state index contributed by atoms with van der Waals surface area (Å²) in [5, 5.41) is -0.384. The zero-order valence-corrected chi connectivity index (χ0v) is 22.3. The summed E-state index contributed by atoms with van der Waals surface area (Å²) in [4.78, 5) is 16.2. The first kappa shape index (κ1) is 27.8. The number of halogens is 3. The third-order valence-corrected chi connectivity index (χ3v) is 4.93. The van der Waals surface area contributed by atoms with E-state index < -0.39 is 5.20 Å². The fraction of sp³-hybridized carbons (Fsp3) is 0.154. The molecule has 0 spiro atoms. The number of hydrogen-bond donors (Lipinski definition) is 1. The fourth-order valence-electron chi connectivity index (χ4n) is 3.39. The van der Waals surface area contributed by atoms with E-state index in [4.69, 9.17) is 8.83 Å². The number of rotatable bonds is 5. The van der Waals surface area contributed by atoms with Crippen molar-refractivity contribution < 1.29 is 18.2 Å². The number of aliphatic imine (C=N–C) groups is 1. The molecule has 0 fully saturated rings. The molecular formula is C26H24Cl3N2O4P. The van der Waals surface area contributed by atoms with Crippen LogP contribution in [0.2, 0.25) is 0 Å². The average Bonchev–Trinajstić information content (AvgIpc) is 3.56. The fourth-order valence-corrected chi connectivity index (χ4v) is 3.39. The van der Waals surface area contributed by atoms with E-state index in [0.29, 0.717) is 18.5 Å². The van der Waals surface area contributed by atoms with Crippen molar-refractivity contribution in [2.45, 2.75) is 12.8 Å². The van der Waals surface area contributed by atoms with Crippen LogP contribution in [-0.4, -0.2) is 24.7 Å². The van der Waals surface area contributed by atoms with E-state index in [2.05, 4.69) is 56.2 Å². The molecule has 1 aliphatic heterocycles. The van der Waals surface area contributed by atoms with Crippen LogP contribution >= 0.6 is 38.9 Å². The lowest BCUT2D eigenvalue weighted by molar-refractivity contribution is 0.0953. The maximum Gasteiger partial charge on any atom is 0.339 e. The Morgan fingerprint density at radius 2 is 1.56 bits per heavy atom. The van der Waals surface area contributed by atoms with Gasteiger partial charge in [0.15, 0.2) is 0 Å². The zero-order chi connectivity index (χ0) is 25.8. The lowest BCUT2D eigenvalue weighted by atomic mass is 9.99. The molecule has 6 nitrogen and oxygen atoms in total. The maximum atomic E-state index is 11.6. The van der Waals surface area contributed by atoms with Crippen molar-refractivity contribution in [2.24, 2.45) is 4.99 Å². The Hall–Kier alpha value is -2.76. The normalized spacial score (nSPS) is 12.1. The minimum absolute atomic E-state index is 0.0489. The molecule has 0 aliphatic carbocycles. The van der Waals surface area contributed by atoms with Crippen LogP contribution in [0.25, 0.3) is 0 Å². The number of furan rings is 2. The standard InChI is InChI=1S/C13H13NO2.C13H11NO.Cl3OP/c15-13(11-5-2-1-3-6-11)14-9-8-12-7-4-10-16-12;1-2-4-10(5-3-1)13-11-7-9-15-12(11)6-8-14-13;1-5(2,3)4/h1-7,10H,8-9H2,(H,14,15);1-5,7,9H,6,8H2;. The van der Waals surface area contributed by atoms with E-state index in [1.54, 1.807) is 24.7 Å². The van der Waals surface area contributed by atoms with E-state index in [1.165, 1.54) is 5.56 Å². The van der Waals surface area contributed by atoms with Crippen LogP contribution in [0.5, 0.6) is 0 Å². The Kier molecular flexibility index (Phi) is 10.9. The van der Waals surface area contributed by atoms with Gasteiger partial charge in [0, 0.05) is 42.6 Å². The van der Waals surface area contributed by atoms with E-state index in [9.17, 15) is 9.36 Å². The summed E-state index contributed by atoms with van der Waals surface area (Å²) in [5.74, 6) is 1.89. The van der Waals surface area contributed by atoms with Crippen molar-refractivity contribution in [3.8, 4) is 0 Å². The number of carbonyl (C=O) groups is 1. The molecule has 0 bridgehead atoms. The third-order valence-electron chi connectivity index (χ3n) is 4.93. The Bertz CT molecular complexity index is 1280. The molecule has 0 saturated carbocycles. The zero-order valence-electron chi connectivity index (χ0n) is 19.1. The number of amides is 1. The molecule has 36 heavy (non-hydrogen) atoms. The smallest absolute Gasteiger partial charge is 0.339 e. The quantitative estimate of drug-likeness (QED) is 0.251. The van der Waals surface area contributed by atoms with Gasteiger partial charge in [0.1, 0.15) is 11.5 Å². The van der Waals surface area contributed by atoms with Gasteiger partial charge in [0.25, 0.3) is 5.91 Å². The van der Waals surface area contributed by atoms with E-state index >= 15 is 0 Å². The number of nitrogens with one attached hydrogen (secondary N) is 1. The van der Waals surface area contributed by atoms with E-state index in [1.807, 2.05) is 54.6 Å². The second-order valence-corrected chi connectivity index (χ2v) is 14.1. The van der Waals surface area contributed by atoms with Gasteiger partial charge in [-0.05, 0) is 64.1 Å². The number of nitrogens with zero attached hydrogens (tertiary/aromatic N) is 1. The molecule has 2 aromatic heterocycles. The second-order valence-electron chi connectivity index (χ2n) is 7.45. The minimum atomic E-state index is -3.22. The number of hydrogen-bond acceptors (Lipinski definition) is 5. The maximum absolute atomic E-state index is 11.6. The number of benzene rings is 2. The lowest BCUT2D eigenvalue weighted by Crippen LogP contribution is -2.25. The van der Waals surface area contributed by atoms with Crippen molar-refractivity contribution in [1.82, 2.24) is 5.32 Å². The van der Waals surface area contributed by atoms with Crippen molar-refractivity contribution in [2.75, 3.05) is 13.1 Å². The highest BCUT2D eigenvalue weighted by Crippen LogP contribution is 2.61. The van der Waals surface area contributed by atoms with Gasteiger partial charge < -0.3 is 14.2 Å². The third kappa shape index (κ3) is 9.71. The lowest BCUT2D eigenvalue weighted by Gasteiger charge is -2.11. The summed E-state index contributed by atoms with van der Waals surface area (Å²) in [6.45, 7) is 1.41. The molecule has 2 aromatic carbocycles. The van der Waals surface area contributed by atoms with E-state index in [0.717, 1.165) is 35.8 Å². The van der Waals surface area contributed by atoms with Crippen LogP contribution in [-0.2, 0) is 17.4 Å². The average molecular weight is 566 g/mol. The molecule has 188 valence electrons. The van der Waals surface area contributed by atoms with Gasteiger partial charge in [0.2, 0.25) is 0 Å². The first-order valence-electron chi connectivity index (χ1n) is 11.0. The van der Waals surface area contributed by atoms with Crippen molar-refractivity contribution in [3.63, 3.8) is 0 Å². The van der Waals surface area contributed by atoms with Crippen LogP contribution in [0.4, 0.5) is 0 Å². The van der Waals surface area contributed by atoms with Gasteiger partial charge >= 0.3 is 5.20 Å². The Morgan fingerprint density at radius 3 is 2.19 bits per heavy atom. The molecular weight excluding hydrogens is 542 g/mol. The second kappa shape index (κ2) is 14.1. The topological polar surface area (TPSA) is 84.8 Å². The van der Waals surface area contributed by atoms with Crippen LogP contribution in [0, 0.1) is 0 Å². The first-order valence-corrected chi connectivity index (χ1v) is 15.4. The molecule has 0 saturated heterocycles. The Morgan fingerprint density at radius 1 is 0.889 bits per heavy atom. The summed E-state index contributed by atoms with van der Waals surface area (Å²) in [6, 6.07) is 25.2. The largest absolute Gasteiger partial charge is 0.469 e. The molecule has 10 heteroatoms. The summed E-state index contributed by atoms with van der Waals surface area (Å²) in [7, 11) is 0. The monoisotopic (exact) mass is 564 g/mol. The number of carbonyl (C=O) groups excluding carboxylic acids is 1. The van der Waals surface area contributed by atoms with Crippen molar-refractivity contribution >= 4 is 50.5 Å². The van der Waals surface area contributed by atoms with Gasteiger partial charge in [-0.15, -0.1) is 0 Å². The Balaban J connectivity index is 0.000000170. The molecule has 1 aliphatic rings.